The van der Waals surface area contributed by atoms with Crippen LogP contribution in [0.2, 0.25) is 0 Å². The third-order valence-corrected chi connectivity index (χ3v) is 5.40. The van der Waals surface area contributed by atoms with Gasteiger partial charge in [0.25, 0.3) is 10.0 Å². The van der Waals surface area contributed by atoms with Crippen LogP contribution in [0, 0.1) is 12.7 Å². The number of hydrogen-bond donors (Lipinski definition) is 3. The van der Waals surface area contributed by atoms with Crippen LogP contribution in [0.25, 0.3) is 0 Å². The fourth-order valence-electron chi connectivity index (χ4n) is 1.98. The molecule has 3 N–H and O–H groups in total. The molecule has 130 valence electrons. The Kier molecular flexibility index (Phi) is 5.84. The van der Waals surface area contributed by atoms with E-state index in [1.54, 1.807) is 19.1 Å². The third kappa shape index (κ3) is 4.46. The average Bonchev–Trinajstić information content (AvgIpc) is 2.50. The molecule has 24 heavy (non-hydrogen) atoms. The van der Waals surface area contributed by atoms with Gasteiger partial charge in [0.15, 0.2) is 0 Å². The summed E-state index contributed by atoms with van der Waals surface area (Å²) in [6.45, 7) is 3.57. The van der Waals surface area contributed by atoms with E-state index in [1.165, 1.54) is 18.2 Å². The lowest BCUT2D eigenvalue weighted by molar-refractivity contribution is 0.208. The highest BCUT2D eigenvalue weighted by Gasteiger charge is 2.19. The predicted molar refractivity (Wildman–Crippen MR) is 96.3 cm³/mol. The van der Waals surface area contributed by atoms with Crippen molar-refractivity contribution in [1.82, 2.24) is 0 Å². The molecule has 0 spiro atoms. The molecule has 0 bridgehead atoms. The number of aryl methyl sites for hydroxylation is 1. The lowest BCUT2D eigenvalue weighted by Gasteiger charge is -2.17. The maximum atomic E-state index is 13.8. The summed E-state index contributed by atoms with van der Waals surface area (Å²) in [6.07, 6.45) is -0.679. The van der Waals surface area contributed by atoms with Gasteiger partial charge in [0.1, 0.15) is 5.82 Å². The van der Waals surface area contributed by atoms with Crippen molar-refractivity contribution >= 4 is 37.3 Å². The zero-order valence-electron chi connectivity index (χ0n) is 13.2. The Balaban J connectivity index is 2.37. The van der Waals surface area contributed by atoms with E-state index in [2.05, 4.69) is 26.0 Å². The zero-order valence-corrected chi connectivity index (χ0v) is 15.6. The van der Waals surface area contributed by atoms with Gasteiger partial charge < -0.3 is 10.4 Å². The largest absolute Gasteiger partial charge is 0.392 e. The highest BCUT2D eigenvalue weighted by Crippen LogP contribution is 2.34. The van der Waals surface area contributed by atoms with Gasteiger partial charge in [-0.2, -0.15) is 0 Å². The Hall–Kier alpha value is -1.64. The molecule has 0 unspecified atom stereocenters. The van der Waals surface area contributed by atoms with E-state index in [0.29, 0.717) is 0 Å². The van der Waals surface area contributed by atoms with Crippen molar-refractivity contribution < 1.29 is 17.9 Å². The molecular formula is C16H18BrFN2O3S. The maximum absolute atomic E-state index is 13.8. The molecule has 5 nitrogen and oxygen atoms in total. The molecule has 1 atom stereocenters. The lowest BCUT2D eigenvalue weighted by atomic mass is 10.2. The first kappa shape index (κ1) is 18.7. The standard InChI is InChI=1S/C16H18BrFN2O3S/c1-10-3-5-12(6-4-10)24(22,23)20-14-8-7-13(18)15(17)16(14)19-9-11(2)21/h3-8,11,19-21H,9H2,1-2H3/t11-/m1/s1. The van der Waals surface area contributed by atoms with Gasteiger partial charge in [-0.05, 0) is 54.0 Å². The summed E-state index contributed by atoms with van der Waals surface area (Å²) in [6, 6.07) is 8.88. The van der Waals surface area contributed by atoms with Crippen molar-refractivity contribution in [2.24, 2.45) is 0 Å². The highest BCUT2D eigenvalue weighted by molar-refractivity contribution is 9.10. The van der Waals surface area contributed by atoms with Crippen LogP contribution >= 0.6 is 15.9 Å². The summed E-state index contributed by atoms with van der Waals surface area (Å²) in [4.78, 5) is 0.107. The fraction of sp³-hybridized carbons (Fsp3) is 0.250. The number of hydrogen-bond acceptors (Lipinski definition) is 4. The molecule has 0 aromatic heterocycles. The van der Waals surface area contributed by atoms with Crippen molar-refractivity contribution in [3.63, 3.8) is 0 Å². The second-order valence-electron chi connectivity index (χ2n) is 5.43. The smallest absolute Gasteiger partial charge is 0.261 e. The molecule has 2 rings (SSSR count). The van der Waals surface area contributed by atoms with Crippen LogP contribution in [0.5, 0.6) is 0 Å². The number of rotatable bonds is 6. The summed E-state index contributed by atoms with van der Waals surface area (Å²) in [7, 11) is -3.82. The molecule has 0 saturated carbocycles. The average molecular weight is 417 g/mol. The molecular weight excluding hydrogens is 399 g/mol. The third-order valence-electron chi connectivity index (χ3n) is 3.24. The second kappa shape index (κ2) is 7.50. The molecule has 0 aliphatic carbocycles. The summed E-state index contributed by atoms with van der Waals surface area (Å²) in [5.74, 6) is -0.540. The maximum Gasteiger partial charge on any atom is 0.261 e. The number of aliphatic hydroxyl groups is 1. The van der Waals surface area contributed by atoms with Crippen molar-refractivity contribution in [3.8, 4) is 0 Å². The Bertz CT molecular complexity index is 824. The molecule has 2 aromatic carbocycles. The van der Waals surface area contributed by atoms with E-state index < -0.39 is 21.9 Å². The van der Waals surface area contributed by atoms with Crippen LogP contribution in [0.3, 0.4) is 0 Å². The number of anilines is 2. The van der Waals surface area contributed by atoms with Crippen LogP contribution in [0.15, 0.2) is 45.8 Å². The fourth-order valence-corrected chi connectivity index (χ4v) is 3.54. The predicted octanol–water partition coefficient (Wildman–Crippen LogP) is 3.49. The molecule has 0 saturated heterocycles. The van der Waals surface area contributed by atoms with Gasteiger partial charge in [-0.15, -0.1) is 0 Å². The van der Waals surface area contributed by atoms with Gasteiger partial charge in [0.05, 0.1) is 26.8 Å². The Morgan fingerprint density at radius 2 is 1.83 bits per heavy atom. The Morgan fingerprint density at radius 1 is 1.21 bits per heavy atom. The van der Waals surface area contributed by atoms with Crippen LogP contribution in [0.4, 0.5) is 15.8 Å². The highest BCUT2D eigenvalue weighted by atomic mass is 79.9. The van der Waals surface area contributed by atoms with Gasteiger partial charge in [-0.3, -0.25) is 4.72 Å². The second-order valence-corrected chi connectivity index (χ2v) is 7.91. The minimum absolute atomic E-state index is 0.0901. The summed E-state index contributed by atoms with van der Waals surface area (Å²) < 4.78 is 41.3. The molecule has 2 aromatic rings. The summed E-state index contributed by atoms with van der Waals surface area (Å²) >= 11 is 3.10. The van der Waals surface area contributed by atoms with E-state index in [0.717, 1.165) is 11.6 Å². The van der Waals surface area contributed by atoms with Gasteiger partial charge in [0.2, 0.25) is 0 Å². The van der Waals surface area contributed by atoms with Gasteiger partial charge >= 0.3 is 0 Å². The van der Waals surface area contributed by atoms with E-state index in [1.807, 2.05) is 6.92 Å². The van der Waals surface area contributed by atoms with Crippen molar-refractivity contribution in [3.05, 3.63) is 52.3 Å². The Morgan fingerprint density at radius 3 is 2.42 bits per heavy atom. The normalized spacial score (nSPS) is 12.7. The van der Waals surface area contributed by atoms with Gasteiger partial charge in [-0.1, -0.05) is 17.7 Å². The summed E-state index contributed by atoms with van der Waals surface area (Å²) in [5.41, 5.74) is 1.36. The molecule has 0 radical (unpaired) electrons. The first-order chi connectivity index (χ1) is 11.2. The van der Waals surface area contributed by atoms with E-state index in [4.69, 9.17) is 0 Å². The monoisotopic (exact) mass is 416 g/mol. The first-order valence-electron chi connectivity index (χ1n) is 7.20. The van der Waals surface area contributed by atoms with Crippen LogP contribution in [-0.2, 0) is 10.0 Å². The van der Waals surface area contributed by atoms with Crippen LogP contribution in [0.1, 0.15) is 12.5 Å². The van der Waals surface area contributed by atoms with Gasteiger partial charge in [0, 0.05) is 6.54 Å². The number of nitrogens with one attached hydrogen (secondary N) is 2. The minimum atomic E-state index is -3.82. The van der Waals surface area contributed by atoms with Crippen LogP contribution in [-0.4, -0.2) is 26.2 Å². The molecule has 8 heteroatoms. The molecule has 0 amide bonds. The molecule has 0 aliphatic rings. The van der Waals surface area contributed by atoms with Crippen molar-refractivity contribution in [2.75, 3.05) is 16.6 Å². The Labute approximate surface area is 149 Å². The van der Waals surface area contributed by atoms with E-state index in [9.17, 15) is 17.9 Å². The number of halogens is 2. The number of sulfonamides is 1. The summed E-state index contributed by atoms with van der Waals surface area (Å²) in [5, 5.41) is 12.2. The van der Waals surface area contributed by atoms with E-state index in [-0.39, 0.29) is 27.3 Å². The SMILES string of the molecule is Cc1ccc(S(=O)(=O)Nc2ccc(F)c(Br)c2NC[C@@H](C)O)cc1. The van der Waals surface area contributed by atoms with Crippen LogP contribution < -0.4 is 10.0 Å². The number of benzene rings is 2. The van der Waals surface area contributed by atoms with E-state index >= 15 is 0 Å². The topological polar surface area (TPSA) is 78.4 Å². The quantitative estimate of drug-likeness (QED) is 0.673. The molecule has 0 heterocycles. The lowest BCUT2D eigenvalue weighted by Crippen LogP contribution is -2.19. The van der Waals surface area contributed by atoms with Gasteiger partial charge in [-0.25, -0.2) is 12.8 Å². The molecule has 0 aliphatic heterocycles. The number of aliphatic hydroxyl groups excluding tert-OH is 1. The minimum Gasteiger partial charge on any atom is -0.392 e. The zero-order chi connectivity index (χ0) is 17.9. The van der Waals surface area contributed by atoms with Crippen molar-refractivity contribution in [1.29, 1.82) is 0 Å². The molecule has 0 fully saturated rings. The van der Waals surface area contributed by atoms with Crippen molar-refractivity contribution in [2.45, 2.75) is 24.8 Å². The first-order valence-corrected chi connectivity index (χ1v) is 9.48.